The number of nitrogens with zero attached hydrogens (tertiary/aromatic N) is 17. The smallest absolute Gasteiger partial charge is 0.232 e. The van der Waals surface area contributed by atoms with Crippen LogP contribution in [0.3, 0.4) is 0 Å². The first-order valence-corrected chi connectivity index (χ1v) is 23.3. The lowest BCUT2D eigenvalue weighted by atomic mass is 9.87. The Kier molecular flexibility index (Phi) is 13.6. The molecule has 4 N–H and O–H groups in total. The highest BCUT2D eigenvalue weighted by atomic mass is 19.1. The molecule has 0 saturated carbocycles. The number of ether oxygens (including phenoxy) is 1. The number of rotatable bonds is 16. The lowest BCUT2D eigenvalue weighted by Gasteiger charge is -2.35. The van der Waals surface area contributed by atoms with Gasteiger partial charge in [0.15, 0.2) is 6.23 Å². The lowest BCUT2D eigenvalue weighted by Crippen LogP contribution is -2.47. The molecule has 8 heterocycles. The third kappa shape index (κ3) is 11.1. The predicted molar refractivity (Wildman–Crippen MR) is 259 cm³/mol. The first-order valence-electron chi connectivity index (χ1n) is 23.3. The average molecular weight is 935 g/mol. The number of benzene rings is 2. The van der Waals surface area contributed by atoms with Crippen molar-refractivity contribution >= 4 is 41.4 Å². The van der Waals surface area contributed by atoms with Crippen molar-refractivity contribution in [2.75, 3.05) is 115 Å². The summed E-state index contributed by atoms with van der Waals surface area (Å²) in [4.78, 5) is 56.7. The molecule has 3 fully saturated rings. The second kappa shape index (κ2) is 20.8. The molecule has 3 aliphatic rings. The van der Waals surface area contributed by atoms with Crippen LogP contribution in [0.5, 0.6) is 0 Å². The third-order valence-corrected chi connectivity index (χ3v) is 12.7. The van der Waals surface area contributed by atoms with E-state index >= 15 is 0 Å². The number of morpholine rings is 1. The van der Waals surface area contributed by atoms with Gasteiger partial charge in [0.1, 0.15) is 18.5 Å². The molecule has 22 heteroatoms. The highest BCUT2D eigenvalue weighted by molar-refractivity contribution is 5.52. The highest BCUT2D eigenvalue weighted by Gasteiger charge is 2.28. The minimum Gasteiger partial charge on any atom is -0.354 e. The number of nitrogens with one attached hydrogen (secondary N) is 2. The molecule has 2 atom stereocenters. The topological polar surface area (TPSA) is 222 Å². The van der Waals surface area contributed by atoms with Gasteiger partial charge < -0.3 is 40.7 Å². The summed E-state index contributed by atoms with van der Waals surface area (Å²) < 4.78 is 21.5. The van der Waals surface area contributed by atoms with Crippen molar-refractivity contribution in [2.24, 2.45) is 5.73 Å². The van der Waals surface area contributed by atoms with Crippen LogP contribution in [0.2, 0.25) is 0 Å². The Morgan fingerprint density at radius 2 is 1.25 bits per heavy atom. The fraction of sp³-hybridized carbons (Fsp3) is 0.383. The van der Waals surface area contributed by atoms with Gasteiger partial charge in [0.05, 0.1) is 30.2 Å². The molecular weight excluding hydrogens is 880 g/mol. The van der Waals surface area contributed by atoms with E-state index in [0.717, 1.165) is 80.4 Å². The van der Waals surface area contributed by atoms with Gasteiger partial charge >= 0.3 is 0 Å². The standard InChI is InChI=1S/C47H55FN20O/c1-47(49,36-8-10-38(48)11-9-36)37-27-53-44(54-28-37)65-16-20-67(21-17-65)46-58-33-56-42(62-46)60-39-29-59-68(30-39)40-31-63(22-23-69-40)13-5-12-50-41-55-32-57-45(61-41)66-18-14-64(15-19-66)43-51-25-35(26-52-43)24-34-6-3-2-4-7-34/h2-4,6-11,25-30,32-33,40H,5,12-24,31,49H2,1H3,(H,50,55,57,61)(H,56,58,60,62). The van der Waals surface area contributed by atoms with E-state index in [-0.39, 0.29) is 12.0 Å². The lowest BCUT2D eigenvalue weighted by molar-refractivity contribution is -0.0748. The van der Waals surface area contributed by atoms with Crippen LogP contribution in [0.1, 0.15) is 41.8 Å². The van der Waals surface area contributed by atoms with Crippen LogP contribution < -0.4 is 36.0 Å². The van der Waals surface area contributed by atoms with Gasteiger partial charge in [-0.25, -0.2) is 48.9 Å². The van der Waals surface area contributed by atoms with Crippen LogP contribution in [0, 0.1) is 5.82 Å². The van der Waals surface area contributed by atoms with E-state index in [0.29, 0.717) is 75.6 Å². The van der Waals surface area contributed by atoms with Crippen LogP contribution in [-0.2, 0) is 16.7 Å². The van der Waals surface area contributed by atoms with Crippen LogP contribution >= 0.6 is 0 Å². The largest absolute Gasteiger partial charge is 0.354 e. The molecule has 0 bridgehead atoms. The molecular formula is C47H55FN20O. The molecule has 3 saturated heterocycles. The zero-order chi connectivity index (χ0) is 47.0. The Morgan fingerprint density at radius 3 is 1.90 bits per heavy atom. The Hall–Kier alpha value is -7.56. The Balaban J connectivity index is 0.645. The minimum absolute atomic E-state index is 0.237. The Labute approximate surface area is 399 Å². The fourth-order valence-electron chi connectivity index (χ4n) is 8.63. The summed E-state index contributed by atoms with van der Waals surface area (Å²) in [6.07, 6.45) is 15.5. The van der Waals surface area contributed by atoms with Crippen molar-refractivity contribution in [3.8, 4) is 0 Å². The van der Waals surface area contributed by atoms with Crippen molar-refractivity contribution < 1.29 is 9.13 Å². The average Bonchev–Trinajstić information content (AvgIpc) is 3.87. The van der Waals surface area contributed by atoms with E-state index in [4.69, 9.17) is 20.4 Å². The first kappa shape index (κ1) is 45.2. The van der Waals surface area contributed by atoms with E-state index in [2.05, 4.69) is 104 Å². The van der Waals surface area contributed by atoms with E-state index in [9.17, 15) is 4.39 Å². The van der Waals surface area contributed by atoms with Crippen LogP contribution in [-0.4, -0.2) is 150 Å². The van der Waals surface area contributed by atoms with Gasteiger partial charge in [0, 0.05) is 115 Å². The maximum atomic E-state index is 13.5. The maximum absolute atomic E-state index is 13.5. The summed E-state index contributed by atoms with van der Waals surface area (Å²) in [7, 11) is 0. The predicted octanol–water partition coefficient (Wildman–Crippen LogP) is 3.52. The van der Waals surface area contributed by atoms with E-state index < -0.39 is 5.54 Å². The number of aromatic nitrogens is 12. The molecule has 3 aliphatic heterocycles. The SMILES string of the molecule is CC(N)(c1ccc(F)cc1)c1cnc(N2CCN(c3ncnc(Nc4cnn(C5CN(CCCNc6ncnc(N7CCN(c8ncc(Cc9ccccc9)cn8)CC7)n6)CCO5)c4)n3)CC2)nc1. The zero-order valence-corrected chi connectivity index (χ0v) is 38.5. The van der Waals surface area contributed by atoms with Crippen molar-refractivity contribution in [3.05, 3.63) is 133 Å². The van der Waals surface area contributed by atoms with Crippen LogP contribution in [0.4, 0.5) is 45.8 Å². The van der Waals surface area contributed by atoms with Gasteiger partial charge in [-0.3, -0.25) is 4.90 Å². The summed E-state index contributed by atoms with van der Waals surface area (Å²) in [6.45, 7) is 11.4. The molecule has 0 radical (unpaired) electrons. The molecule has 356 valence electrons. The van der Waals surface area contributed by atoms with E-state index in [1.165, 1.54) is 24.0 Å². The number of halogens is 1. The summed E-state index contributed by atoms with van der Waals surface area (Å²) in [5.41, 5.74) is 10.4. The van der Waals surface area contributed by atoms with Gasteiger partial charge in [-0.2, -0.15) is 15.1 Å². The normalized spacial score (nSPS) is 17.7. The Morgan fingerprint density at radius 1 is 0.652 bits per heavy atom. The monoisotopic (exact) mass is 934 g/mol. The molecule has 69 heavy (non-hydrogen) atoms. The number of nitrogens with two attached hydrogens (primary N) is 1. The third-order valence-electron chi connectivity index (χ3n) is 12.7. The fourth-order valence-corrected chi connectivity index (χ4v) is 8.63. The maximum Gasteiger partial charge on any atom is 0.232 e. The van der Waals surface area contributed by atoms with Gasteiger partial charge in [-0.15, -0.1) is 0 Å². The quantitative estimate of drug-likeness (QED) is 0.118. The number of piperazine rings is 2. The second-order valence-electron chi connectivity index (χ2n) is 17.4. The van der Waals surface area contributed by atoms with Crippen molar-refractivity contribution in [1.82, 2.24) is 64.5 Å². The minimum atomic E-state index is -0.863. The van der Waals surface area contributed by atoms with Crippen molar-refractivity contribution in [1.29, 1.82) is 0 Å². The molecule has 21 nitrogen and oxygen atoms in total. The molecule has 10 rings (SSSR count). The van der Waals surface area contributed by atoms with Gasteiger partial charge in [0.2, 0.25) is 35.7 Å². The zero-order valence-electron chi connectivity index (χ0n) is 38.5. The molecule has 0 amide bonds. The van der Waals surface area contributed by atoms with E-state index in [1.54, 1.807) is 37.1 Å². The molecule has 0 spiro atoms. The molecule has 2 unspecified atom stereocenters. The molecule has 2 aromatic carbocycles. The number of hydrogen-bond donors (Lipinski definition) is 3. The number of hydrogen-bond acceptors (Lipinski definition) is 20. The summed E-state index contributed by atoms with van der Waals surface area (Å²) in [5.74, 6) is 3.29. The highest BCUT2D eigenvalue weighted by Crippen LogP contribution is 2.27. The summed E-state index contributed by atoms with van der Waals surface area (Å²) >= 11 is 0. The number of anilines is 7. The summed E-state index contributed by atoms with van der Waals surface area (Å²) in [5, 5.41) is 11.3. The van der Waals surface area contributed by atoms with Crippen molar-refractivity contribution in [3.63, 3.8) is 0 Å². The van der Waals surface area contributed by atoms with Crippen molar-refractivity contribution in [2.45, 2.75) is 31.5 Å². The molecule has 5 aromatic heterocycles. The second-order valence-corrected chi connectivity index (χ2v) is 17.4. The van der Waals surface area contributed by atoms with Gasteiger partial charge in [0.25, 0.3) is 0 Å². The molecule has 7 aromatic rings. The van der Waals surface area contributed by atoms with Crippen LogP contribution in [0.25, 0.3) is 0 Å². The van der Waals surface area contributed by atoms with E-state index in [1.807, 2.05) is 36.3 Å². The van der Waals surface area contributed by atoms with Gasteiger partial charge in [-0.05, 0) is 42.2 Å². The van der Waals surface area contributed by atoms with Crippen LogP contribution in [0.15, 0.2) is 104 Å². The van der Waals surface area contributed by atoms with Gasteiger partial charge in [-0.1, -0.05) is 42.5 Å². The molecule has 0 aliphatic carbocycles. The Bertz CT molecular complexity index is 2730. The summed E-state index contributed by atoms with van der Waals surface area (Å²) in [6, 6.07) is 16.5. The first-order chi connectivity index (χ1) is 33.8.